The Labute approximate surface area is 104 Å². The predicted octanol–water partition coefficient (Wildman–Crippen LogP) is 3.47. The number of rotatable bonds is 4. The monoisotopic (exact) mass is 238 g/mol. The van der Waals surface area contributed by atoms with Gasteiger partial charge in [0.1, 0.15) is 5.82 Å². The highest BCUT2D eigenvalue weighted by Gasteiger charge is 2.23. The lowest BCUT2D eigenvalue weighted by Gasteiger charge is -2.37. The Kier molecular flexibility index (Phi) is 4.15. The van der Waals surface area contributed by atoms with Gasteiger partial charge < -0.3 is 10.6 Å². The van der Waals surface area contributed by atoms with E-state index >= 15 is 0 Å². The van der Waals surface area contributed by atoms with Crippen LogP contribution >= 0.6 is 0 Å². The molecule has 3 heteroatoms. The third kappa shape index (κ3) is 2.97. The molecule has 0 unspecified atom stereocenters. The van der Waals surface area contributed by atoms with E-state index in [-0.39, 0.29) is 17.4 Å². The van der Waals surface area contributed by atoms with Crippen molar-refractivity contribution in [1.82, 2.24) is 0 Å². The Morgan fingerprint density at radius 2 is 2.00 bits per heavy atom. The molecular weight excluding hydrogens is 215 g/mol. The predicted molar refractivity (Wildman–Crippen MR) is 71.8 cm³/mol. The lowest BCUT2D eigenvalue weighted by molar-refractivity contribution is 0.462. The van der Waals surface area contributed by atoms with Crippen LogP contribution in [0.15, 0.2) is 18.2 Å². The van der Waals surface area contributed by atoms with Crippen molar-refractivity contribution >= 4 is 5.69 Å². The fraction of sp³-hybridized carbons (Fsp3) is 0.571. The molecule has 0 aromatic heterocycles. The van der Waals surface area contributed by atoms with E-state index in [0.29, 0.717) is 5.69 Å². The van der Waals surface area contributed by atoms with Gasteiger partial charge in [0, 0.05) is 18.6 Å². The van der Waals surface area contributed by atoms with Crippen molar-refractivity contribution in [3.63, 3.8) is 0 Å². The van der Waals surface area contributed by atoms with E-state index in [1.54, 1.807) is 0 Å². The number of nitrogens with two attached hydrogens (primary N) is 1. The highest BCUT2D eigenvalue weighted by Crippen LogP contribution is 2.28. The van der Waals surface area contributed by atoms with Gasteiger partial charge in [-0.1, -0.05) is 13.0 Å². The minimum Gasteiger partial charge on any atom is -0.367 e. The fourth-order valence-corrected chi connectivity index (χ4v) is 1.64. The minimum absolute atomic E-state index is 0.0588. The second-order valence-corrected chi connectivity index (χ2v) is 5.22. The quantitative estimate of drug-likeness (QED) is 0.870. The van der Waals surface area contributed by atoms with Gasteiger partial charge in [-0.15, -0.1) is 0 Å². The van der Waals surface area contributed by atoms with Crippen LogP contribution in [0.3, 0.4) is 0 Å². The Morgan fingerprint density at radius 3 is 2.41 bits per heavy atom. The molecule has 0 radical (unpaired) electrons. The Balaban J connectivity index is 3.08. The van der Waals surface area contributed by atoms with Gasteiger partial charge in [-0.25, -0.2) is 4.39 Å². The normalized spacial score (nSPS) is 13.6. The number of benzene rings is 1. The first-order valence-electron chi connectivity index (χ1n) is 6.08. The standard InChI is InChI=1S/C14H23FN2/c1-6-14(3,4)17(5)13-8-7-11(10(2)16)9-12(13)15/h7-10H,6,16H2,1-5H3/t10-/m1/s1. The van der Waals surface area contributed by atoms with Crippen LogP contribution in [0.25, 0.3) is 0 Å². The molecule has 0 fully saturated rings. The molecule has 2 nitrogen and oxygen atoms in total. The summed E-state index contributed by atoms with van der Waals surface area (Å²) in [7, 11) is 1.92. The molecule has 96 valence electrons. The van der Waals surface area contributed by atoms with Crippen molar-refractivity contribution in [1.29, 1.82) is 0 Å². The number of nitrogens with zero attached hydrogens (tertiary/aromatic N) is 1. The summed E-state index contributed by atoms with van der Waals surface area (Å²) in [5, 5.41) is 0. The smallest absolute Gasteiger partial charge is 0.146 e. The number of anilines is 1. The van der Waals surface area contributed by atoms with Gasteiger partial charge in [0.15, 0.2) is 0 Å². The maximum atomic E-state index is 14.0. The van der Waals surface area contributed by atoms with Gasteiger partial charge in [-0.05, 0) is 44.9 Å². The van der Waals surface area contributed by atoms with E-state index < -0.39 is 0 Å². The maximum absolute atomic E-state index is 14.0. The lowest BCUT2D eigenvalue weighted by atomic mass is 9.98. The van der Waals surface area contributed by atoms with Crippen molar-refractivity contribution in [3.8, 4) is 0 Å². The lowest BCUT2D eigenvalue weighted by Crippen LogP contribution is -2.41. The topological polar surface area (TPSA) is 29.3 Å². The molecule has 0 amide bonds. The average Bonchev–Trinajstić information content (AvgIpc) is 2.27. The molecule has 1 atom stereocenters. The van der Waals surface area contributed by atoms with E-state index in [1.165, 1.54) is 6.07 Å². The molecule has 0 aliphatic heterocycles. The van der Waals surface area contributed by atoms with E-state index in [0.717, 1.165) is 12.0 Å². The van der Waals surface area contributed by atoms with Gasteiger partial charge in [0.25, 0.3) is 0 Å². The van der Waals surface area contributed by atoms with Gasteiger partial charge in [0.05, 0.1) is 5.69 Å². The second-order valence-electron chi connectivity index (χ2n) is 5.22. The van der Waals surface area contributed by atoms with Crippen molar-refractivity contribution in [3.05, 3.63) is 29.6 Å². The molecular formula is C14H23FN2. The van der Waals surface area contributed by atoms with Crippen LogP contribution in [0.4, 0.5) is 10.1 Å². The van der Waals surface area contributed by atoms with Gasteiger partial charge in [0.2, 0.25) is 0 Å². The Bertz CT molecular complexity index is 386. The van der Waals surface area contributed by atoms with E-state index in [4.69, 9.17) is 5.73 Å². The molecule has 2 N–H and O–H groups in total. The summed E-state index contributed by atoms with van der Waals surface area (Å²) in [6.45, 7) is 8.16. The number of hydrogen-bond acceptors (Lipinski definition) is 2. The molecule has 1 rings (SSSR count). The van der Waals surface area contributed by atoms with Crippen molar-refractivity contribution in [2.24, 2.45) is 5.73 Å². The molecule has 0 aliphatic carbocycles. The molecule has 17 heavy (non-hydrogen) atoms. The molecule has 1 aromatic rings. The summed E-state index contributed by atoms with van der Waals surface area (Å²) >= 11 is 0. The van der Waals surface area contributed by atoms with E-state index in [1.807, 2.05) is 31.0 Å². The first kappa shape index (κ1) is 14.0. The first-order chi connectivity index (χ1) is 7.79. The van der Waals surface area contributed by atoms with Crippen LogP contribution in [-0.4, -0.2) is 12.6 Å². The third-order valence-electron chi connectivity index (χ3n) is 3.63. The largest absolute Gasteiger partial charge is 0.367 e. The number of halogens is 1. The van der Waals surface area contributed by atoms with Gasteiger partial charge in [-0.3, -0.25) is 0 Å². The van der Waals surface area contributed by atoms with Crippen LogP contribution in [-0.2, 0) is 0 Å². The van der Waals surface area contributed by atoms with Crippen molar-refractivity contribution in [2.45, 2.75) is 45.7 Å². The Morgan fingerprint density at radius 1 is 1.41 bits per heavy atom. The minimum atomic E-state index is -0.205. The molecule has 1 aromatic carbocycles. The van der Waals surface area contributed by atoms with Crippen LogP contribution in [0.5, 0.6) is 0 Å². The van der Waals surface area contributed by atoms with Crippen LogP contribution < -0.4 is 10.6 Å². The zero-order chi connectivity index (χ0) is 13.2. The molecule has 0 bridgehead atoms. The fourth-order valence-electron chi connectivity index (χ4n) is 1.64. The highest BCUT2D eigenvalue weighted by atomic mass is 19.1. The van der Waals surface area contributed by atoms with Crippen molar-refractivity contribution in [2.75, 3.05) is 11.9 Å². The summed E-state index contributed by atoms with van der Waals surface area (Å²) < 4.78 is 14.0. The van der Waals surface area contributed by atoms with Crippen LogP contribution in [0, 0.1) is 5.82 Å². The molecule has 0 heterocycles. The van der Waals surface area contributed by atoms with Crippen LogP contribution in [0.1, 0.15) is 45.7 Å². The summed E-state index contributed by atoms with van der Waals surface area (Å²) in [6.07, 6.45) is 0.956. The summed E-state index contributed by atoms with van der Waals surface area (Å²) in [5.41, 5.74) is 7.14. The summed E-state index contributed by atoms with van der Waals surface area (Å²) in [6, 6.07) is 5.10. The average molecular weight is 238 g/mol. The van der Waals surface area contributed by atoms with E-state index in [2.05, 4.69) is 20.8 Å². The zero-order valence-corrected chi connectivity index (χ0v) is 11.4. The SMILES string of the molecule is CCC(C)(C)N(C)c1ccc([C@@H](C)N)cc1F. The molecule has 0 spiro atoms. The summed E-state index contributed by atoms with van der Waals surface area (Å²) in [5.74, 6) is -0.205. The molecule has 0 aliphatic rings. The maximum Gasteiger partial charge on any atom is 0.146 e. The number of hydrogen-bond donors (Lipinski definition) is 1. The van der Waals surface area contributed by atoms with Gasteiger partial charge >= 0.3 is 0 Å². The second kappa shape index (κ2) is 5.05. The van der Waals surface area contributed by atoms with E-state index in [9.17, 15) is 4.39 Å². The highest BCUT2D eigenvalue weighted by molar-refractivity contribution is 5.50. The summed E-state index contributed by atoms with van der Waals surface area (Å²) in [4.78, 5) is 1.98. The molecule has 0 saturated heterocycles. The first-order valence-corrected chi connectivity index (χ1v) is 6.08. The molecule has 0 saturated carbocycles. The Hall–Kier alpha value is -1.09. The third-order valence-corrected chi connectivity index (χ3v) is 3.63. The van der Waals surface area contributed by atoms with Gasteiger partial charge in [-0.2, -0.15) is 0 Å². The van der Waals surface area contributed by atoms with Crippen LogP contribution in [0.2, 0.25) is 0 Å². The zero-order valence-electron chi connectivity index (χ0n) is 11.4. The van der Waals surface area contributed by atoms with Crippen molar-refractivity contribution < 1.29 is 4.39 Å².